The lowest BCUT2D eigenvalue weighted by Crippen LogP contribution is -2.31. The van der Waals surface area contributed by atoms with Crippen LogP contribution in [0.15, 0.2) is 53.1 Å². The van der Waals surface area contributed by atoms with Gasteiger partial charge < -0.3 is 19.4 Å². The molecule has 5 nitrogen and oxygen atoms in total. The Bertz CT molecular complexity index is 919. The summed E-state index contributed by atoms with van der Waals surface area (Å²) in [5, 5.41) is 4.64. The number of ether oxygens (including phenoxy) is 1. The lowest BCUT2D eigenvalue weighted by molar-refractivity contribution is 0.0932. The normalized spacial score (nSPS) is 12.3. The Labute approximate surface area is 163 Å². The van der Waals surface area contributed by atoms with Gasteiger partial charge >= 0.3 is 0 Å². The summed E-state index contributed by atoms with van der Waals surface area (Å²) < 4.78 is 10.8. The predicted molar refractivity (Wildman–Crippen MR) is 108 cm³/mol. The van der Waals surface area contributed by atoms with Crippen LogP contribution in [0.2, 0.25) is 5.02 Å². The number of carbonyl (C=O) groups is 1. The van der Waals surface area contributed by atoms with Crippen molar-refractivity contribution in [3.8, 4) is 5.75 Å². The van der Waals surface area contributed by atoms with E-state index in [2.05, 4.69) is 10.2 Å². The summed E-state index contributed by atoms with van der Waals surface area (Å²) in [5.41, 5.74) is 2.13. The zero-order chi connectivity index (χ0) is 19.4. The van der Waals surface area contributed by atoms with Gasteiger partial charge in [0.15, 0.2) is 0 Å². The largest absolute Gasteiger partial charge is 0.496 e. The van der Waals surface area contributed by atoms with Gasteiger partial charge in [0.1, 0.15) is 11.3 Å². The number of carbonyl (C=O) groups excluding carboxylic acids is 1. The second-order valence-corrected chi connectivity index (χ2v) is 7.12. The van der Waals surface area contributed by atoms with Gasteiger partial charge in [-0.2, -0.15) is 0 Å². The molecule has 1 N–H and O–H groups in total. The molecule has 0 aliphatic rings. The number of rotatable bonds is 7. The van der Waals surface area contributed by atoms with Crippen LogP contribution in [-0.2, 0) is 0 Å². The molecule has 0 fully saturated rings. The average Bonchev–Trinajstić information content (AvgIpc) is 3.13. The molecule has 1 aromatic heterocycles. The maximum absolute atomic E-state index is 12.9. The first-order chi connectivity index (χ1) is 13.0. The van der Waals surface area contributed by atoms with Crippen molar-refractivity contribution in [2.75, 3.05) is 27.7 Å². The highest BCUT2D eigenvalue weighted by Gasteiger charge is 2.18. The number of benzene rings is 2. The van der Waals surface area contributed by atoms with Crippen molar-refractivity contribution in [3.63, 3.8) is 0 Å². The maximum Gasteiger partial charge on any atom is 0.252 e. The van der Waals surface area contributed by atoms with E-state index in [1.165, 1.54) is 0 Å². The molecular weight excluding hydrogens is 364 g/mol. The van der Waals surface area contributed by atoms with Gasteiger partial charge in [0.2, 0.25) is 0 Å². The quantitative estimate of drug-likeness (QED) is 0.648. The molecule has 0 bridgehead atoms. The first-order valence-electron chi connectivity index (χ1n) is 8.74. The lowest BCUT2D eigenvalue weighted by atomic mass is 10.0. The number of hydrogen-bond donors (Lipinski definition) is 1. The summed E-state index contributed by atoms with van der Waals surface area (Å²) in [7, 11) is 5.60. The zero-order valence-corrected chi connectivity index (χ0v) is 16.4. The smallest absolute Gasteiger partial charge is 0.252 e. The van der Waals surface area contributed by atoms with Crippen LogP contribution in [0, 0.1) is 0 Å². The molecule has 1 amide bonds. The van der Waals surface area contributed by atoms with Crippen LogP contribution in [0.5, 0.6) is 5.75 Å². The fraction of sp³-hybridized carbons (Fsp3) is 0.286. The number of methoxy groups -OCH3 is 1. The standard InChI is InChI=1S/C21H23ClN2O3/c1-24(2)10-8-18(14-4-6-16(22)7-5-14)23-21(25)15-12-19(26-3)17-9-11-27-20(17)13-15/h4-7,9,11-13,18H,8,10H2,1-3H3,(H,23,25)/t18-/m0/s1. The molecule has 6 heteroatoms. The van der Waals surface area contributed by atoms with Gasteiger partial charge in [0.05, 0.1) is 24.8 Å². The highest BCUT2D eigenvalue weighted by molar-refractivity contribution is 6.30. The van der Waals surface area contributed by atoms with Gasteiger partial charge in [-0.05, 0) is 63.0 Å². The van der Waals surface area contributed by atoms with E-state index in [1.54, 1.807) is 25.5 Å². The molecule has 3 rings (SSSR count). The third-order valence-electron chi connectivity index (χ3n) is 4.46. The van der Waals surface area contributed by atoms with Crippen molar-refractivity contribution in [3.05, 3.63) is 64.9 Å². The molecule has 3 aromatic rings. The van der Waals surface area contributed by atoms with E-state index < -0.39 is 0 Å². The third kappa shape index (κ3) is 4.62. The molecule has 0 spiro atoms. The number of furan rings is 1. The molecule has 2 aromatic carbocycles. The molecule has 1 heterocycles. The van der Waals surface area contributed by atoms with Crippen LogP contribution >= 0.6 is 11.6 Å². The summed E-state index contributed by atoms with van der Waals surface area (Å²) in [6.07, 6.45) is 2.36. The average molecular weight is 387 g/mol. The Hall–Kier alpha value is -2.50. The minimum atomic E-state index is -0.176. The Balaban J connectivity index is 1.86. The van der Waals surface area contributed by atoms with E-state index in [-0.39, 0.29) is 11.9 Å². The fourth-order valence-corrected chi connectivity index (χ4v) is 3.11. The number of hydrogen-bond acceptors (Lipinski definition) is 4. The van der Waals surface area contributed by atoms with Crippen molar-refractivity contribution in [1.82, 2.24) is 10.2 Å². The first kappa shape index (κ1) is 19.3. The highest BCUT2D eigenvalue weighted by atomic mass is 35.5. The van der Waals surface area contributed by atoms with Gasteiger partial charge in [0, 0.05) is 10.6 Å². The molecule has 1 atom stereocenters. The predicted octanol–water partition coefficient (Wildman–Crippen LogP) is 4.52. The van der Waals surface area contributed by atoms with Crippen LogP contribution in [-0.4, -0.2) is 38.6 Å². The van der Waals surface area contributed by atoms with Crippen molar-refractivity contribution in [2.45, 2.75) is 12.5 Å². The van der Waals surface area contributed by atoms with Crippen molar-refractivity contribution < 1.29 is 13.9 Å². The fourth-order valence-electron chi connectivity index (χ4n) is 2.98. The van der Waals surface area contributed by atoms with Crippen molar-refractivity contribution in [2.24, 2.45) is 0 Å². The SMILES string of the molecule is COc1cc(C(=O)N[C@@H](CCN(C)C)c2ccc(Cl)cc2)cc2occc12. The molecule has 142 valence electrons. The van der Waals surface area contributed by atoms with E-state index in [0.29, 0.717) is 21.9 Å². The summed E-state index contributed by atoms with van der Waals surface area (Å²) in [4.78, 5) is 15.0. The van der Waals surface area contributed by atoms with Crippen LogP contribution in [0.4, 0.5) is 0 Å². The second-order valence-electron chi connectivity index (χ2n) is 6.68. The molecule has 0 unspecified atom stereocenters. The lowest BCUT2D eigenvalue weighted by Gasteiger charge is -2.21. The summed E-state index contributed by atoms with van der Waals surface area (Å²) in [6, 6.07) is 12.7. The van der Waals surface area contributed by atoms with Gasteiger partial charge in [-0.1, -0.05) is 23.7 Å². The van der Waals surface area contributed by atoms with E-state index >= 15 is 0 Å². The Morgan fingerprint density at radius 2 is 1.96 bits per heavy atom. The topological polar surface area (TPSA) is 54.7 Å². The Kier molecular flexibility index (Phi) is 6.04. The van der Waals surface area contributed by atoms with Gasteiger partial charge in [-0.25, -0.2) is 0 Å². The molecule has 0 aliphatic carbocycles. The van der Waals surface area contributed by atoms with E-state index in [4.69, 9.17) is 20.8 Å². The minimum absolute atomic E-state index is 0.129. The molecule has 0 saturated heterocycles. The van der Waals surface area contributed by atoms with Gasteiger partial charge in [-0.3, -0.25) is 4.79 Å². The summed E-state index contributed by atoms with van der Waals surface area (Å²) in [6.45, 7) is 0.841. The van der Waals surface area contributed by atoms with Crippen LogP contribution in [0.3, 0.4) is 0 Å². The number of fused-ring (bicyclic) bond motifs is 1. The second kappa shape index (κ2) is 8.46. The molecule has 0 aliphatic heterocycles. The Morgan fingerprint density at radius 3 is 2.63 bits per heavy atom. The number of halogens is 1. The molecule has 0 radical (unpaired) electrons. The molecular formula is C21H23ClN2O3. The van der Waals surface area contributed by atoms with E-state index in [0.717, 1.165) is 23.9 Å². The van der Waals surface area contributed by atoms with Gasteiger partial charge in [0.25, 0.3) is 5.91 Å². The number of amides is 1. The van der Waals surface area contributed by atoms with Crippen LogP contribution < -0.4 is 10.1 Å². The summed E-state index contributed by atoms with van der Waals surface area (Å²) in [5.74, 6) is 0.438. The first-order valence-corrected chi connectivity index (χ1v) is 9.12. The number of nitrogens with zero attached hydrogens (tertiary/aromatic N) is 1. The van der Waals surface area contributed by atoms with Gasteiger partial charge in [-0.15, -0.1) is 0 Å². The minimum Gasteiger partial charge on any atom is -0.496 e. The zero-order valence-electron chi connectivity index (χ0n) is 15.7. The molecule has 0 saturated carbocycles. The summed E-state index contributed by atoms with van der Waals surface area (Å²) >= 11 is 6.00. The van der Waals surface area contributed by atoms with Crippen LogP contribution in [0.1, 0.15) is 28.4 Å². The van der Waals surface area contributed by atoms with Crippen LogP contribution in [0.25, 0.3) is 11.0 Å². The van der Waals surface area contributed by atoms with E-state index in [1.807, 2.05) is 44.4 Å². The third-order valence-corrected chi connectivity index (χ3v) is 4.71. The molecule has 27 heavy (non-hydrogen) atoms. The van der Waals surface area contributed by atoms with E-state index in [9.17, 15) is 4.79 Å². The van der Waals surface area contributed by atoms with Crippen molar-refractivity contribution in [1.29, 1.82) is 0 Å². The monoisotopic (exact) mass is 386 g/mol. The maximum atomic E-state index is 12.9. The van der Waals surface area contributed by atoms with Crippen molar-refractivity contribution >= 4 is 28.5 Å². The number of nitrogens with one attached hydrogen (secondary N) is 1. The Morgan fingerprint density at radius 1 is 1.22 bits per heavy atom. The highest BCUT2D eigenvalue weighted by Crippen LogP contribution is 2.29.